The van der Waals surface area contributed by atoms with Gasteiger partial charge in [-0.05, 0) is 74.6 Å². The van der Waals surface area contributed by atoms with E-state index in [9.17, 15) is 9.59 Å². The Kier molecular flexibility index (Phi) is 7.86. The average molecular weight is 513 g/mol. The first-order chi connectivity index (χ1) is 18.1. The van der Waals surface area contributed by atoms with Crippen LogP contribution in [0.15, 0.2) is 65.5 Å². The molecule has 38 heavy (non-hydrogen) atoms. The lowest BCUT2D eigenvalue weighted by Gasteiger charge is -2.32. The van der Waals surface area contributed by atoms with Gasteiger partial charge in [0.15, 0.2) is 0 Å². The van der Waals surface area contributed by atoms with Gasteiger partial charge in [-0.1, -0.05) is 50.2 Å². The van der Waals surface area contributed by atoms with Crippen LogP contribution in [0.3, 0.4) is 0 Å². The molecule has 1 N–H and O–H groups in total. The zero-order chi connectivity index (χ0) is 27.6. The van der Waals surface area contributed by atoms with Crippen molar-refractivity contribution in [2.75, 3.05) is 19.0 Å². The van der Waals surface area contributed by atoms with Gasteiger partial charge < -0.3 is 15.0 Å². The summed E-state index contributed by atoms with van der Waals surface area (Å²) in [5.41, 5.74) is 4.72. The molecule has 1 atom stereocenters. The Morgan fingerprint density at radius 2 is 1.68 bits per heavy atom. The minimum absolute atomic E-state index is 0.190. The van der Waals surface area contributed by atoms with Crippen molar-refractivity contribution >= 4 is 22.6 Å². The fraction of sp³-hybridized carbons (Fsp3) is 0.323. The molecule has 198 valence electrons. The number of fused-ring (bicyclic) bond motifs is 1. The van der Waals surface area contributed by atoms with Crippen molar-refractivity contribution in [3.8, 4) is 11.4 Å². The van der Waals surface area contributed by atoms with E-state index in [-0.39, 0.29) is 17.5 Å². The molecule has 2 amide bonds. The van der Waals surface area contributed by atoms with Gasteiger partial charge in [-0.15, -0.1) is 0 Å². The van der Waals surface area contributed by atoms with Crippen LogP contribution in [0.1, 0.15) is 49.3 Å². The molecule has 4 aromatic rings. The summed E-state index contributed by atoms with van der Waals surface area (Å²) in [5.74, 6) is 1.21. The van der Waals surface area contributed by atoms with Gasteiger partial charge in [0.05, 0.1) is 29.7 Å². The predicted octanol–water partition coefficient (Wildman–Crippen LogP) is 6.57. The number of carbonyl (C=O) groups is 1. The minimum atomic E-state index is -0.524. The summed E-state index contributed by atoms with van der Waals surface area (Å²) in [6.45, 7) is 12.5. The second-order valence-corrected chi connectivity index (χ2v) is 10.2. The van der Waals surface area contributed by atoms with Crippen molar-refractivity contribution in [3.63, 3.8) is 0 Å². The number of methoxy groups -OCH3 is 1. The lowest BCUT2D eigenvalue weighted by molar-refractivity contribution is 0.179. The first kappa shape index (κ1) is 26.9. The maximum atomic E-state index is 14.0. The van der Waals surface area contributed by atoms with Crippen LogP contribution in [-0.2, 0) is 0 Å². The Bertz CT molecular complexity index is 1520. The summed E-state index contributed by atoms with van der Waals surface area (Å²) in [5, 5.41) is 3.63. The van der Waals surface area contributed by atoms with Gasteiger partial charge in [0.1, 0.15) is 11.6 Å². The lowest BCUT2D eigenvalue weighted by atomic mass is 10.1. The topological polar surface area (TPSA) is 76.5 Å². The van der Waals surface area contributed by atoms with E-state index in [1.807, 2.05) is 82.3 Å². The largest absolute Gasteiger partial charge is 0.495 e. The molecule has 1 aromatic heterocycles. The monoisotopic (exact) mass is 512 g/mol. The van der Waals surface area contributed by atoms with Gasteiger partial charge in [0, 0.05) is 12.2 Å². The van der Waals surface area contributed by atoms with Crippen molar-refractivity contribution in [2.45, 2.75) is 47.6 Å². The number of anilines is 1. The van der Waals surface area contributed by atoms with E-state index in [1.165, 1.54) is 0 Å². The molecule has 7 nitrogen and oxygen atoms in total. The normalized spacial score (nSPS) is 12.0. The van der Waals surface area contributed by atoms with Crippen LogP contribution in [-0.4, -0.2) is 34.1 Å². The molecule has 0 aliphatic heterocycles. The zero-order valence-electron chi connectivity index (χ0n) is 23.2. The van der Waals surface area contributed by atoms with Crippen LogP contribution in [0, 0.1) is 26.7 Å². The maximum Gasteiger partial charge on any atom is 0.322 e. The number of aromatic nitrogens is 2. The van der Waals surface area contributed by atoms with Crippen LogP contribution in [0.4, 0.5) is 10.5 Å². The SMILES string of the molecule is COc1ccc(C)cc1-n1c(C(C)N(CC(C)C)C(=O)Nc2c(C)cccc2C)nc2ccccc2c1=O. The average Bonchev–Trinajstić information content (AvgIpc) is 2.89. The third-order valence-corrected chi connectivity index (χ3v) is 6.75. The maximum absolute atomic E-state index is 14.0. The van der Waals surface area contributed by atoms with Crippen LogP contribution in [0.25, 0.3) is 16.6 Å². The number of para-hydroxylation sites is 2. The number of hydrogen-bond acceptors (Lipinski definition) is 4. The number of nitrogens with one attached hydrogen (secondary N) is 1. The Labute approximate surface area is 224 Å². The molecule has 0 radical (unpaired) electrons. The number of benzene rings is 3. The molecule has 0 aliphatic carbocycles. The number of urea groups is 1. The first-order valence-electron chi connectivity index (χ1n) is 12.9. The number of hydrogen-bond donors (Lipinski definition) is 1. The standard InChI is InChI=1S/C31H36N4O3/c1-19(2)18-34(31(37)33-28-21(4)11-10-12-22(28)5)23(6)29-32-25-14-9-8-13-24(25)30(36)35(29)26-17-20(3)15-16-27(26)38-7/h8-17,19,23H,18H2,1-7H3,(H,33,37). The van der Waals surface area contributed by atoms with Crippen molar-refractivity contribution in [2.24, 2.45) is 5.92 Å². The molecule has 0 bridgehead atoms. The highest BCUT2D eigenvalue weighted by atomic mass is 16.5. The molecular formula is C31H36N4O3. The number of rotatable bonds is 7. The van der Waals surface area contributed by atoms with E-state index in [4.69, 9.17) is 9.72 Å². The second kappa shape index (κ2) is 11.1. The van der Waals surface area contributed by atoms with E-state index < -0.39 is 6.04 Å². The Hall–Kier alpha value is -4.13. The third kappa shape index (κ3) is 5.28. The molecule has 0 fully saturated rings. The molecule has 3 aromatic carbocycles. The quantitative estimate of drug-likeness (QED) is 0.304. The lowest BCUT2D eigenvalue weighted by Crippen LogP contribution is -2.42. The van der Waals surface area contributed by atoms with Crippen molar-refractivity contribution in [3.05, 3.63) is 93.5 Å². The van der Waals surface area contributed by atoms with E-state index in [2.05, 4.69) is 19.2 Å². The number of aryl methyl sites for hydroxylation is 3. The fourth-order valence-electron chi connectivity index (χ4n) is 4.78. The van der Waals surface area contributed by atoms with Crippen molar-refractivity contribution in [1.29, 1.82) is 0 Å². The molecule has 0 aliphatic rings. The van der Waals surface area contributed by atoms with E-state index in [0.29, 0.717) is 34.7 Å². The fourth-order valence-corrected chi connectivity index (χ4v) is 4.78. The predicted molar refractivity (Wildman–Crippen MR) is 154 cm³/mol. The molecular weight excluding hydrogens is 476 g/mol. The van der Waals surface area contributed by atoms with Gasteiger partial charge in [-0.25, -0.2) is 9.78 Å². The molecule has 1 unspecified atom stereocenters. The summed E-state index contributed by atoms with van der Waals surface area (Å²) in [6, 6.07) is 18.2. The van der Waals surface area contributed by atoms with E-state index >= 15 is 0 Å². The summed E-state index contributed by atoms with van der Waals surface area (Å²) < 4.78 is 7.25. The molecule has 1 heterocycles. The van der Waals surface area contributed by atoms with Gasteiger partial charge in [0.25, 0.3) is 5.56 Å². The Morgan fingerprint density at radius 3 is 2.34 bits per heavy atom. The van der Waals surface area contributed by atoms with Crippen LogP contribution < -0.4 is 15.6 Å². The highest BCUT2D eigenvalue weighted by Gasteiger charge is 2.29. The summed E-state index contributed by atoms with van der Waals surface area (Å²) in [7, 11) is 1.58. The van der Waals surface area contributed by atoms with Gasteiger partial charge in [-0.2, -0.15) is 0 Å². The first-order valence-corrected chi connectivity index (χ1v) is 12.9. The van der Waals surface area contributed by atoms with Crippen LogP contribution in [0.2, 0.25) is 0 Å². The highest BCUT2D eigenvalue weighted by Crippen LogP contribution is 2.30. The summed E-state index contributed by atoms with van der Waals surface area (Å²) in [6.07, 6.45) is 0. The van der Waals surface area contributed by atoms with Crippen molar-refractivity contribution in [1.82, 2.24) is 14.5 Å². The zero-order valence-corrected chi connectivity index (χ0v) is 23.2. The second-order valence-electron chi connectivity index (χ2n) is 10.2. The highest BCUT2D eigenvalue weighted by molar-refractivity contribution is 5.91. The third-order valence-electron chi connectivity index (χ3n) is 6.75. The molecule has 0 saturated heterocycles. The summed E-state index contributed by atoms with van der Waals surface area (Å²) in [4.78, 5) is 34.5. The van der Waals surface area contributed by atoms with Gasteiger partial charge in [0.2, 0.25) is 0 Å². The Morgan fingerprint density at radius 1 is 1.00 bits per heavy atom. The number of ether oxygens (including phenoxy) is 1. The summed E-state index contributed by atoms with van der Waals surface area (Å²) >= 11 is 0. The van der Waals surface area contributed by atoms with E-state index in [0.717, 1.165) is 22.4 Å². The smallest absolute Gasteiger partial charge is 0.322 e. The molecule has 4 rings (SSSR count). The van der Waals surface area contributed by atoms with Crippen molar-refractivity contribution < 1.29 is 9.53 Å². The van der Waals surface area contributed by atoms with Crippen LogP contribution >= 0.6 is 0 Å². The Balaban J connectivity index is 1.91. The number of nitrogens with zero attached hydrogens (tertiary/aromatic N) is 3. The van der Waals surface area contributed by atoms with Gasteiger partial charge >= 0.3 is 6.03 Å². The molecule has 0 spiro atoms. The molecule has 0 saturated carbocycles. The van der Waals surface area contributed by atoms with Crippen LogP contribution in [0.5, 0.6) is 5.75 Å². The van der Waals surface area contributed by atoms with E-state index in [1.54, 1.807) is 22.6 Å². The molecule has 7 heteroatoms. The van der Waals surface area contributed by atoms with Gasteiger partial charge in [-0.3, -0.25) is 9.36 Å². The number of carbonyl (C=O) groups excluding carboxylic acids is 1. The number of amides is 2. The minimum Gasteiger partial charge on any atom is -0.495 e.